The summed E-state index contributed by atoms with van der Waals surface area (Å²) in [4.78, 5) is 18.8. The van der Waals surface area contributed by atoms with Crippen molar-refractivity contribution in [2.75, 3.05) is 39.3 Å². The summed E-state index contributed by atoms with van der Waals surface area (Å²) in [5.74, 6) is 0.883. The summed E-state index contributed by atoms with van der Waals surface area (Å²) in [5, 5.41) is 9.65. The summed E-state index contributed by atoms with van der Waals surface area (Å²) in [7, 11) is 0. The third-order valence-corrected chi connectivity index (χ3v) is 4.08. The molecule has 0 spiro atoms. The van der Waals surface area contributed by atoms with Gasteiger partial charge in [0.05, 0.1) is 6.54 Å². The number of nitrogens with one attached hydrogen (secondary N) is 3. The van der Waals surface area contributed by atoms with Crippen LogP contribution in [0.4, 0.5) is 0 Å². The maximum absolute atomic E-state index is 11.8. The Morgan fingerprint density at radius 1 is 1.12 bits per heavy atom. The number of halogens is 1. The summed E-state index contributed by atoms with van der Waals surface area (Å²) in [6.07, 6.45) is 2.29. The fraction of sp³-hybridized carbons (Fsp3) is 0.895. The lowest BCUT2D eigenvalue weighted by Gasteiger charge is -2.21. The van der Waals surface area contributed by atoms with Crippen LogP contribution >= 0.6 is 24.0 Å². The molecule has 3 N–H and O–H groups in total. The number of guanidine groups is 1. The van der Waals surface area contributed by atoms with Gasteiger partial charge in [0.15, 0.2) is 5.96 Å². The lowest BCUT2D eigenvalue weighted by Crippen LogP contribution is -2.43. The van der Waals surface area contributed by atoms with Crippen LogP contribution in [-0.4, -0.2) is 62.1 Å². The standard InChI is InChI=1S/C19H41N5O.HI/c1-8-20-18(22-14-13-21-17(25)19(5,6)7)23-16(4)12-11-15-24(9-2)10-3;/h16H,8-15H2,1-7H3,(H,21,25)(H2,20,22,23);1H. The van der Waals surface area contributed by atoms with E-state index in [0.717, 1.165) is 38.6 Å². The van der Waals surface area contributed by atoms with E-state index < -0.39 is 0 Å². The molecule has 0 aromatic rings. The molecule has 0 bridgehead atoms. The van der Waals surface area contributed by atoms with E-state index in [1.54, 1.807) is 0 Å². The van der Waals surface area contributed by atoms with Gasteiger partial charge in [0.25, 0.3) is 0 Å². The molecule has 0 aliphatic heterocycles. The molecule has 1 amide bonds. The van der Waals surface area contributed by atoms with E-state index in [-0.39, 0.29) is 35.3 Å². The van der Waals surface area contributed by atoms with Crippen LogP contribution in [0.2, 0.25) is 0 Å². The number of amides is 1. The quantitative estimate of drug-likeness (QED) is 0.183. The topological polar surface area (TPSA) is 68.8 Å². The van der Waals surface area contributed by atoms with E-state index in [1.807, 2.05) is 20.8 Å². The van der Waals surface area contributed by atoms with Gasteiger partial charge in [-0.2, -0.15) is 0 Å². The molecule has 0 aromatic heterocycles. The van der Waals surface area contributed by atoms with Crippen LogP contribution in [0.5, 0.6) is 0 Å². The Hall–Kier alpha value is -0.570. The van der Waals surface area contributed by atoms with Crippen LogP contribution in [0.1, 0.15) is 61.3 Å². The van der Waals surface area contributed by atoms with Gasteiger partial charge in [0, 0.05) is 24.5 Å². The second-order valence-electron chi connectivity index (χ2n) is 7.48. The highest BCUT2D eigenvalue weighted by Crippen LogP contribution is 2.11. The zero-order chi connectivity index (χ0) is 19.3. The van der Waals surface area contributed by atoms with Crippen molar-refractivity contribution in [3.63, 3.8) is 0 Å². The average Bonchev–Trinajstić information content (AvgIpc) is 2.54. The number of hydrogen-bond donors (Lipinski definition) is 3. The van der Waals surface area contributed by atoms with Crippen LogP contribution in [0.3, 0.4) is 0 Å². The molecule has 0 fully saturated rings. The third-order valence-electron chi connectivity index (χ3n) is 4.08. The van der Waals surface area contributed by atoms with E-state index in [1.165, 1.54) is 6.42 Å². The summed E-state index contributed by atoms with van der Waals surface area (Å²) in [5.41, 5.74) is -0.355. The second kappa shape index (κ2) is 15.5. The summed E-state index contributed by atoms with van der Waals surface area (Å²) in [6.45, 7) is 19.7. The monoisotopic (exact) mass is 483 g/mol. The van der Waals surface area contributed by atoms with E-state index in [9.17, 15) is 4.79 Å². The van der Waals surface area contributed by atoms with E-state index >= 15 is 0 Å². The molecular weight excluding hydrogens is 441 g/mol. The first-order chi connectivity index (χ1) is 11.7. The van der Waals surface area contributed by atoms with Crippen molar-refractivity contribution < 1.29 is 4.79 Å². The Morgan fingerprint density at radius 3 is 2.23 bits per heavy atom. The second-order valence-corrected chi connectivity index (χ2v) is 7.48. The Kier molecular flexibility index (Phi) is 16.5. The van der Waals surface area contributed by atoms with Gasteiger partial charge in [0.2, 0.25) is 5.91 Å². The highest BCUT2D eigenvalue weighted by atomic mass is 127. The molecule has 26 heavy (non-hydrogen) atoms. The van der Waals surface area contributed by atoms with Crippen molar-refractivity contribution in [2.24, 2.45) is 10.4 Å². The number of hydrogen-bond acceptors (Lipinski definition) is 3. The number of carbonyl (C=O) groups excluding carboxylic acids is 1. The minimum atomic E-state index is -0.355. The largest absolute Gasteiger partial charge is 0.357 e. The number of nitrogens with zero attached hydrogens (tertiary/aromatic N) is 2. The minimum absolute atomic E-state index is 0. The average molecular weight is 483 g/mol. The van der Waals surface area contributed by atoms with Crippen molar-refractivity contribution in [3.8, 4) is 0 Å². The lowest BCUT2D eigenvalue weighted by atomic mass is 9.96. The summed E-state index contributed by atoms with van der Waals surface area (Å²) in [6, 6.07) is 0.373. The van der Waals surface area contributed by atoms with E-state index in [0.29, 0.717) is 19.1 Å². The molecule has 0 radical (unpaired) electrons. The first kappa shape index (κ1) is 27.6. The highest BCUT2D eigenvalue weighted by molar-refractivity contribution is 14.0. The Labute approximate surface area is 178 Å². The molecule has 0 heterocycles. The number of rotatable bonds is 11. The highest BCUT2D eigenvalue weighted by Gasteiger charge is 2.20. The molecule has 1 atom stereocenters. The smallest absolute Gasteiger partial charge is 0.225 e. The van der Waals surface area contributed by atoms with Gasteiger partial charge in [0.1, 0.15) is 0 Å². The molecule has 156 valence electrons. The number of carbonyl (C=O) groups is 1. The van der Waals surface area contributed by atoms with Gasteiger partial charge in [-0.1, -0.05) is 34.6 Å². The van der Waals surface area contributed by atoms with Crippen LogP contribution in [0, 0.1) is 5.41 Å². The maximum atomic E-state index is 11.8. The maximum Gasteiger partial charge on any atom is 0.225 e. The normalized spacial score (nSPS) is 13.2. The molecule has 7 heteroatoms. The van der Waals surface area contributed by atoms with E-state index in [4.69, 9.17) is 0 Å². The van der Waals surface area contributed by atoms with Gasteiger partial charge in [-0.05, 0) is 46.3 Å². The van der Waals surface area contributed by atoms with Gasteiger partial charge in [-0.3, -0.25) is 9.79 Å². The minimum Gasteiger partial charge on any atom is -0.357 e. The van der Waals surface area contributed by atoms with Crippen LogP contribution < -0.4 is 16.0 Å². The van der Waals surface area contributed by atoms with Crippen molar-refractivity contribution in [3.05, 3.63) is 0 Å². The van der Waals surface area contributed by atoms with Crippen molar-refractivity contribution in [1.29, 1.82) is 0 Å². The van der Waals surface area contributed by atoms with Crippen molar-refractivity contribution >= 4 is 35.8 Å². The Morgan fingerprint density at radius 2 is 1.73 bits per heavy atom. The van der Waals surface area contributed by atoms with E-state index in [2.05, 4.69) is 53.5 Å². The first-order valence-corrected chi connectivity index (χ1v) is 9.80. The number of aliphatic imine (C=N–C) groups is 1. The molecule has 0 saturated heterocycles. The molecule has 6 nitrogen and oxygen atoms in total. The zero-order valence-corrected chi connectivity index (χ0v) is 20.3. The SMILES string of the molecule is CCNC(=NCCNC(=O)C(C)(C)C)NC(C)CCCN(CC)CC.I. The molecular formula is C19H42IN5O. The third kappa shape index (κ3) is 13.6. The molecule has 0 aromatic carbocycles. The molecule has 0 saturated carbocycles. The van der Waals surface area contributed by atoms with Gasteiger partial charge in [-0.15, -0.1) is 24.0 Å². The van der Waals surface area contributed by atoms with Gasteiger partial charge < -0.3 is 20.9 Å². The first-order valence-electron chi connectivity index (χ1n) is 9.80. The van der Waals surface area contributed by atoms with Gasteiger partial charge >= 0.3 is 0 Å². The van der Waals surface area contributed by atoms with Crippen LogP contribution in [-0.2, 0) is 4.79 Å². The Bertz CT molecular complexity index is 392. The molecule has 0 rings (SSSR count). The molecule has 0 aliphatic carbocycles. The Balaban J connectivity index is 0. The lowest BCUT2D eigenvalue weighted by molar-refractivity contribution is -0.128. The predicted molar refractivity (Wildman–Crippen MR) is 123 cm³/mol. The fourth-order valence-electron chi connectivity index (χ4n) is 2.39. The molecule has 1 unspecified atom stereocenters. The zero-order valence-electron chi connectivity index (χ0n) is 17.9. The van der Waals surface area contributed by atoms with Crippen LogP contribution in [0.15, 0.2) is 4.99 Å². The van der Waals surface area contributed by atoms with Crippen molar-refractivity contribution in [1.82, 2.24) is 20.9 Å². The van der Waals surface area contributed by atoms with Crippen molar-refractivity contribution in [2.45, 2.75) is 67.3 Å². The fourth-order valence-corrected chi connectivity index (χ4v) is 2.39. The van der Waals surface area contributed by atoms with Gasteiger partial charge in [-0.25, -0.2) is 0 Å². The summed E-state index contributed by atoms with van der Waals surface area (Å²) < 4.78 is 0. The van der Waals surface area contributed by atoms with Crippen LogP contribution in [0.25, 0.3) is 0 Å². The molecule has 0 aliphatic rings. The summed E-state index contributed by atoms with van der Waals surface area (Å²) >= 11 is 0. The predicted octanol–water partition coefficient (Wildman–Crippen LogP) is 2.83.